The molecule has 0 unspecified atom stereocenters. The summed E-state index contributed by atoms with van der Waals surface area (Å²) in [5, 5.41) is 6.27. The van der Waals surface area contributed by atoms with Crippen LogP contribution in [0.4, 0.5) is 0 Å². The Morgan fingerprint density at radius 3 is 2.41 bits per heavy atom. The van der Waals surface area contributed by atoms with E-state index in [0.717, 1.165) is 42.4 Å². The molecule has 156 valence electrons. The molecule has 1 amide bonds. The Bertz CT molecular complexity index is 726. The first-order valence-corrected chi connectivity index (χ1v) is 10.6. The van der Waals surface area contributed by atoms with E-state index in [0.29, 0.717) is 19.7 Å². The van der Waals surface area contributed by atoms with Crippen molar-refractivity contribution in [3.8, 4) is 5.75 Å². The number of para-hydroxylation sites is 1. The van der Waals surface area contributed by atoms with Gasteiger partial charge < -0.3 is 15.4 Å². The Kier molecular flexibility index (Phi) is 8.53. The highest BCUT2D eigenvalue weighted by atomic mass is 16.5. The van der Waals surface area contributed by atoms with E-state index in [1.807, 2.05) is 37.4 Å². The molecule has 0 atom stereocenters. The normalized spacial score (nSPS) is 15.2. The van der Waals surface area contributed by atoms with Gasteiger partial charge in [-0.15, -0.1) is 0 Å². The van der Waals surface area contributed by atoms with Crippen LogP contribution in [0.2, 0.25) is 0 Å². The predicted octanol–water partition coefficient (Wildman–Crippen LogP) is 3.20. The molecule has 0 saturated carbocycles. The average molecular weight is 396 g/mol. The van der Waals surface area contributed by atoms with Gasteiger partial charge in [0.2, 0.25) is 5.91 Å². The molecule has 3 rings (SSSR count). The monoisotopic (exact) mass is 395 g/mol. The summed E-state index contributed by atoms with van der Waals surface area (Å²) in [5.74, 6) is 1.77. The van der Waals surface area contributed by atoms with Gasteiger partial charge >= 0.3 is 0 Å². The van der Waals surface area contributed by atoms with Gasteiger partial charge in [0, 0.05) is 6.54 Å². The van der Waals surface area contributed by atoms with Crippen molar-refractivity contribution in [3.63, 3.8) is 0 Å². The third-order valence-corrected chi connectivity index (χ3v) is 5.54. The zero-order valence-corrected chi connectivity index (χ0v) is 17.4. The number of carbonyl (C=O) groups excluding carboxylic acids is 1. The number of piperidine rings is 1. The summed E-state index contributed by atoms with van der Waals surface area (Å²) < 4.78 is 5.77. The Hall–Kier alpha value is -2.37. The second-order valence-electron chi connectivity index (χ2n) is 7.81. The average Bonchev–Trinajstić information content (AvgIpc) is 2.77. The number of rotatable bonds is 10. The van der Waals surface area contributed by atoms with Crippen molar-refractivity contribution in [1.29, 1.82) is 0 Å². The molecule has 0 aromatic heterocycles. The van der Waals surface area contributed by atoms with Crippen LogP contribution in [0.15, 0.2) is 54.6 Å². The molecule has 2 aromatic carbocycles. The van der Waals surface area contributed by atoms with Gasteiger partial charge in [0.25, 0.3) is 0 Å². The van der Waals surface area contributed by atoms with Crippen LogP contribution in [-0.4, -0.2) is 44.0 Å². The van der Waals surface area contributed by atoms with Crippen molar-refractivity contribution in [2.24, 2.45) is 5.92 Å². The van der Waals surface area contributed by atoms with Crippen molar-refractivity contribution in [2.45, 2.75) is 32.4 Å². The highest BCUT2D eigenvalue weighted by Gasteiger charge is 2.20. The summed E-state index contributed by atoms with van der Waals surface area (Å²) in [4.78, 5) is 14.6. The molecule has 1 aliphatic heterocycles. The van der Waals surface area contributed by atoms with Crippen LogP contribution in [0, 0.1) is 5.92 Å². The molecule has 0 bridgehead atoms. The molecular weight excluding hydrogens is 362 g/mol. The third kappa shape index (κ3) is 7.52. The molecule has 0 spiro atoms. The lowest BCUT2D eigenvalue weighted by Crippen LogP contribution is -2.41. The second kappa shape index (κ2) is 11.6. The minimum atomic E-state index is 0.107. The third-order valence-electron chi connectivity index (χ3n) is 5.54. The molecule has 5 heteroatoms. The minimum absolute atomic E-state index is 0.107. The van der Waals surface area contributed by atoms with Crippen LogP contribution < -0.4 is 15.4 Å². The fourth-order valence-corrected chi connectivity index (χ4v) is 3.68. The zero-order valence-electron chi connectivity index (χ0n) is 17.4. The Morgan fingerprint density at radius 2 is 1.72 bits per heavy atom. The van der Waals surface area contributed by atoms with Crippen molar-refractivity contribution >= 4 is 5.91 Å². The van der Waals surface area contributed by atoms with Gasteiger partial charge in [-0.05, 0) is 75.1 Å². The van der Waals surface area contributed by atoms with Crippen LogP contribution in [0.5, 0.6) is 5.75 Å². The first-order chi connectivity index (χ1) is 14.2. The van der Waals surface area contributed by atoms with Crippen LogP contribution >= 0.6 is 0 Å². The molecule has 1 saturated heterocycles. The summed E-state index contributed by atoms with van der Waals surface area (Å²) in [6.07, 6.45) is 3.63. The summed E-state index contributed by atoms with van der Waals surface area (Å²) in [7, 11) is 2.01. The molecule has 2 aromatic rings. The maximum Gasteiger partial charge on any atom is 0.234 e. The molecule has 5 nitrogen and oxygen atoms in total. The first-order valence-electron chi connectivity index (χ1n) is 10.6. The van der Waals surface area contributed by atoms with Gasteiger partial charge in [-0.1, -0.05) is 42.5 Å². The number of ether oxygens (including phenoxy) is 1. The molecule has 1 aliphatic rings. The molecule has 0 aliphatic carbocycles. The van der Waals surface area contributed by atoms with Gasteiger partial charge in [-0.25, -0.2) is 0 Å². The smallest absolute Gasteiger partial charge is 0.234 e. The Morgan fingerprint density at radius 1 is 1.03 bits per heavy atom. The molecule has 29 heavy (non-hydrogen) atoms. The number of benzene rings is 2. The van der Waals surface area contributed by atoms with Gasteiger partial charge in [0.15, 0.2) is 0 Å². The van der Waals surface area contributed by atoms with E-state index in [9.17, 15) is 4.79 Å². The summed E-state index contributed by atoms with van der Waals surface area (Å²) in [6, 6.07) is 18.0. The zero-order chi connectivity index (χ0) is 20.3. The van der Waals surface area contributed by atoms with E-state index in [2.05, 4.69) is 39.8 Å². The summed E-state index contributed by atoms with van der Waals surface area (Å²) in [6.45, 7) is 4.75. The Balaban J connectivity index is 1.34. The fourth-order valence-electron chi connectivity index (χ4n) is 3.68. The van der Waals surface area contributed by atoms with E-state index in [1.165, 1.54) is 19.3 Å². The lowest BCUT2D eigenvalue weighted by Gasteiger charge is -2.31. The minimum Gasteiger partial charge on any atom is -0.489 e. The van der Waals surface area contributed by atoms with E-state index < -0.39 is 0 Å². The SMILES string of the molecule is CNCCC1CCN(CC(=O)NCc2ccc(COc3ccccc3)cc2)CC1. The van der Waals surface area contributed by atoms with Crippen LogP contribution in [0.3, 0.4) is 0 Å². The van der Waals surface area contributed by atoms with Crippen molar-refractivity contribution in [2.75, 3.05) is 33.2 Å². The highest BCUT2D eigenvalue weighted by molar-refractivity contribution is 5.78. The topological polar surface area (TPSA) is 53.6 Å². The summed E-state index contributed by atoms with van der Waals surface area (Å²) in [5.41, 5.74) is 2.22. The predicted molar refractivity (Wildman–Crippen MR) is 117 cm³/mol. The van der Waals surface area contributed by atoms with Crippen molar-refractivity contribution in [1.82, 2.24) is 15.5 Å². The second-order valence-corrected chi connectivity index (χ2v) is 7.81. The fraction of sp³-hybridized carbons (Fsp3) is 0.458. The lowest BCUT2D eigenvalue weighted by atomic mass is 9.93. The van der Waals surface area contributed by atoms with Crippen LogP contribution in [0.1, 0.15) is 30.4 Å². The highest BCUT2D eigenvalue weighted by Crippen LogP contribution is 2.19. The van der Waals surface area contributed by atoms with Gasteiger partial charge in [-0.2, -0.15) is 0 Å². The van der Waals surface area contributed by atoms with Crippen molar-refractivity contribution in [3.05, 3.63) is 65.7 Å². The quantitative estimate of drug-likeness (QED) is 0.649. The number of amides is 1. The maximum absolute atomic E-state index is 12.3. The van der Waals surface area contributed by atoms with E-state index in [4.69, 9.17) is 4.74 Å². The maximum atomic E-state index is 12.3. The largest absolute Gasteiger partial charge is 0.489 e. The molecule has 2 N–H and O–H groups in total. The number of nitrogens with zero attached hydrogens (tertiary/aromatic N) is 1. The number of likely N-dealkylation sites (tertiary alicyclic amines) is 1. The number of nitrogens with one attached hydrogen (secondary N) is 2. The van der Waals surface area contributed by atoms with Gasteiger partial charge in [-0.3, -0.25) is 9.69 Å². The molecule has 1 fully saturated rings. The van der Waals surface area contributed by atoms with E-state index >= 15 is 0 Å². The lowest BCUT2D eigenvalue weighted by molar-refractivity contribution is -0.122. The summed E-state index contributed by atoms with van der Waals surface area (Å²) >= 11 is 0. The molecular formula is C24H33N3O2. The number of hydrogen-bond donors (Lipinski definition) is 2. The van der Waals surface area contributed by atoms with Crippen molar-refractivity contribution < 1.29 is 9.53 Å². The van der Waals surface area contributed by atoms with Gasteiger partial charge in [0.1, 0.15) is 12.4 Å². The first kappa shape index (κ1) is 21.3. The number of carbonyl (C=O) groups is 1. The molecule has 0 radical (unpaired) electrons. The van der Waals surface area contributed by atoms with E-state index in [1.54, 1.807) is 0 Å². The van der Waals surface area contributed by atoms with E-state index in [-0.39, 0.29) is 5.91 Å². The standard InChI is InChI=1S/C24H33N3O2/c1-25-14-11-20-12-15-27(16-13-20)18-24(28)26-17-21-7-9-22(10-8-21)19-29-23-5-3-2-4-6-23/h2-10,20,25H,11-19H2,1H3,(H,26,28). The van der Waals surface area contributed by atoms with Crippen LogP contribution in [0.25, 0.3) is 0 Å². The van der Waals surface area contributed by atoms with Gasteiger partial charge in [0.05, 0.1) is 6.54 Å². The number of hydrogen-bond acceptors (Lipinski definition) is 4. The molecule has 1 heterocycles. The Labute approximate surface area is 174 Å². The van der Waals surface area contributed by atoms with Crippen LogP contribution in [-0.2, 0) is 17.9 Å².